The molecule has 7 heteroatoms. The number of thioether (sulfide) groups is 1. The van der Waals surface area contributed by atoms with Gasteiger partial charge >= 0.3 is 5.97 Å². The molecule has 1 aromatic carbocycles. The van der Waals surface area contributed by atoms with E-state index in [2.05, 4.69) is 4.99 Å². The molecular formula is C17H12FNO3S2. The monoisotopic (exact) mass is 361 g/mol. The first-order valence-corrected chi connectivity index (χ1v) is 8.57. The minimum absolute atomic E-state index is 0.00892. The smallest absolute Gasteiger partial charge is 0.344 e. The van der Waals surface area contributed by atoms with Crippen molar-refractivity contribution in [2.45, 2.75) is 0 Å². The summed E-state index contributed by atoms with van der Waals surface area (Å²) in [6, 6.07) is 9.35. The molecule has 24 heavy (non-hydrogen) atoms. The van der Waals surface area contributed by atoms with Crippen LogP contribution in [0.2, 0.25) is 0 Å². The molecule has 0 atom stereocenters. The average Bonchev–Trinajstić information content (AvgIpc) is 3.18. The molecule has 3 rings (SSSR count). The van der Waals surface area contributed by atoms with E-state index in [1.165, 1.54) is 54.5 Å². The van der Waals surface area contributed by atoms with Gasteiger partial charge in [-0.3, -0.25) is 0 Å². The molecule has 122 valence electrons. The number of carbonyl (C=O) groups excluding carboxylic acids is 1. The molecule has 0 aliphatic carbocycles. The SMILES string of the molecule is COC(=O)C1=C(O)/C(=C/c2cccs2)SC1=Nc1ccc(F)cc1. The van der Waals surface area contributed by atoms with Crippen LogP contribution in [0.25, 0.3) is 6.08 Å². The van der Waals surface area contributed by atoms with Crippen LogP contribution in [-0.4, -0.2) is 23.2 Å². The number of nitrogens with zero attached hydrogens (tertiary/aromatic N) is 1. The molecule has 0 amide bonds. The van der Waals surface area contributed by atoms with Gasteiger partial charge in [0.25, 0.3) is 0 Å². The van der Waals surface area contributed by atoms with Gasteiger partial charge in [0, 0.05) is 4.88 Å². The number of halogens is 1. The maximum Gasteiger partial charge on any atom is 0.344 e. The first-order valence-electron chi connectivity index (χ1n) is 6.88. The number of hydrogen-bond donors (Lipinski definition) is 1. The fourth-order valence-corrected chi connectivity index (χ4v) is 3.78. The van der Waals surface area contributed by atoms with Gasteiger partial charge in [0.2, 0.25) is 0 Å². The van der Waals surface area contributed by atoms with Gasteiger partial charge in [0.1, 0.15) is 22.2 Å². The number of aliphatic imine (C=N–C) groups is 1. The van der Waals surface area contributed by atoms with Crippen LogP contribution in [0.1, 0.15) is 4.88 Å². The van der Waals surface area contributed by atoms with Crippen molar-refractivity contribution in [2.75, 3.05) is 7.11 Å². The number of carbonyl (C=O) groups is 1. The van der Waals surface area contributed by atoms with Crippen molar-refractivity contribution in [1.82, 2.24) is 0 Å². The third-order valence-electron chi connectivity index (χ3n) is 3.15. The molecule has 1 N–H and O–H groups in total. The zero-order chi connectivity index (χ0) is 17.1. The fourth-order valence-electron chi connectivity index (χ4n) is 2.03. The molecule has 4 nitrogen and oxygen atoms in total. The van der Waals surface area contributed by atoms with Crippen LogP contribution in [0, 0.1) is 5.82 Å². The van der Waals surface area contributed by atoms with E-state index in [1.54, 1.807) is 6.08 Å². The van der Waals surface area contributed by atoms with E-state index in [1.807, 2.05) is 17.5 Å². The minimum Gasteiger partial charge on any atom is -0.506 e. The minimum atomic E-state index is -0.671. The summed E-state index contributed by atoms with van der Waals surface area (Å²) in [4.78, 5) is 17.8. The highest BCUT2D eigenvalue weighted by atomic mass is 32.2. The van der Waals surface area contributed by atoms with Gasteiger partial charge in [0.05, 0.1) is 17.7 Å². The normalized spacial score (nSPS) is 17.8. The van der Waals surface area contributed by atoms with Crippen LogP contribution in [0.3, 0.4) is 0 Å². The Bertz CT molecular complexity index is 852. The van der Waals surface area contributed by atoms with Gasteiger partial charge in [-0.05, 0) is 41.8 Å². The summed E-state index contributed by atoms with van der Waals surface area (Å²) in [5.74, 6) is -1.21. The second-order valence-corrected chi connectivity index (χ2v) is 6.74. The number of benzene rings is 1. The van der Waals surface area contributed by atoms with Crippen LogP contribution in [-0.2, 0) is 9.53 Å². The van der Waals surface area contributed by atoms with Crippen molar-refractivity contribution in [3.05, 3.63) is 68.7 Å². The second-order valence-electron chi connectivity index (χ2n) is 4.73. The van der Waals surface area contributed by atoms with E-state index < -0.39 is 5.97 Å². The molecule has 1 aliphatic heterocycles. The van der Waals surface area contributed by atoms with Crippen LogP contribution in [0.4, 0.5) is 10.1 Å². The second kappa shape index (κ2) is 7.02. The van der Waals surface area contributed by atoms with Crippen LogP contribution >= 0.6 is 23.1 Å². The zero-order valence-corrected chi connectivity index (χ0v) is 14.2. The number of thiophene rings is 1. The molecular weight excluding hydrogens is 349 g/mol. The van der Waals surface area contributed by atoms with Crippen LogP contribution in [0.5, 0.6) is 0 Å². The first kappa shape index (κ1) is 16.5. The van der Waals surface area contributed by atoms with E-state index in [0.717, 1.165) is 4.88 Å². The summed E-state index contributed by atoms with van der Waals surface area (Å²) in [6.07, 6.45) is 1.78. The lowest BCUT2D eigenvalue weighted by Crippen LogP contribution is -2.10. The van der Waals surface area contributed by atoms with E-state index in [9.17, 15) is 14.3 Å². The van der Waals surface area contributed by atoms with Crippen LogP contribution in [0.15, 0.2) is 63.0 Å². The Morgan fingerprint density at radius 3 is 2.67 bits per heavy atom. The van der Waals surface area contributed by atoms with Gasteiger partial charge in [-0.25, -0.2) is 14.2 Å². The van der Waals surface area contributed by atoms with Crippen molar-refractivity contribution in [1.29, 1.82) is 0 Å². The lowest BCUT2D eigenvalue weighted by molar-refractivity contribution is -0.135. The highest BCUT2D eigenvalue weighted by Crippen LogP contribution is 2.40. The molecule has 0 radical (unpaired) electrons. The number of rotatable bonds is 3. The molecule has 0 saturated heterocycles. The van der Waals surface area contributed by atoms with E-state index in [0.29, 0.717) is 15.6 Å². The maximum atomic E-state index is 13.0. The Morgan fingerprint density at radius 1 is 1.29 bits per heavy atom. The standard InChI is InChI=1S/C17H12FNO3S2/c1-22-17(21)14-15(20)13(9-12-3-2-8-23-12)24-16(14)19-11-6-4-10(18)5-7-11/h2-9,20H,1H3/b13-9-,19-16?. The number of methoxy groups -OCH3 is 1. The molecule has 1 aliphatic rings. The van der Waals surface area contributed by atoms with E-state index >= 15 is 0 Å². The fraction of sp³-hybridized carbons (Fsp3) is 0.0588. The molecule has 0 bridgehead atoms. The quantitative estimate of drug-likeness (QED) is 0.806. The van der Waals surface area contributed by atoms with Crippen molar-refractivity contribution in [2.24, 2.45) is 4.99 Å². The Kier molecular flexibility index (Phi) is 4.82. The summed E-state index contributed by atoms with van der Waals surface area (Å²) >= 11 is 2.68. The lowest BCUT2D eigenvalue weighted by Gasteiger charge is -2.01. The zero-order valence-electron chi connectivity index (χ0n) is 12.5. The number of hydrogen-bond acceptors (Lipinski definition) is 6. The van der Waals surface area contributed by atoms with Gasteiger partial charge in [-0.1, -0.05) is 17.8 Å². The molecule has 0 unspecified atom stereocenters. The Hall–Kier alpha value is -2.38. The first-order chi connectivity index (χ1) is 11.6. The Balaban J connectivity index is 2.03. The third-order valence-corrected chi connectivity index (χ3v) is 4.99. The summed E-state index contributed by atoms with van der Waals surface area (Å²) in [6.45, 7) is 0. The topological polar surface area (TPSA) is 58.9 Å². The number of aliphatic hydroxyl groups is 1. The predicted octanol–water partition coefficient (Wildman–Crippen LogP) is 4.69. The van der Waals surface area contributed by atoms with E-state index in [4.69, 9.17) is 4.74 Å². The maximum absolute atomic E-state index is 13.0. The van der Waals surface area contributed by atoms with Crippen molar-refractivity contribution >= 4 is 45.9 Å². The highest BCUT2D eigenvalue weighted by Gasteiger charge is 2.33. The average molecular weight is 361 g/mol. The highest BCUT2D eigenvalue weighted by molar-refractivity contribution is 8.18. The third kappa shape index (κ3) is 3.42. The number of ether oxygens (including phenoxy) is 1. The molecule has 2 aromatic rings. The van der Waals surface area contributed by atoms with E-state index in [-0.39, 0.29) is 17.1 Å². The Labute approximate surface area is 146 Å². The Morgan fingerprint density at radius 2 is 2.04 bits per heavy atom. The van der Waals surface area contributed by atoms with Gasteiger partial charge in [-0.15, -0.1) is 11.3 Å². The van der Waals surface area contributed by atoms with Gasteiger partial charge < -0.3 is 9.84 Å². The lowest BCUT2D eigenvalue weighted by atomic mass is 10.2. The molecule has 2 heterocycles. The summed E-state index contributed by atoms with van der Waals surface area (Å²) in [5, 5.41) is 12.6. The summed E-state index contributed by atoms with van der Waals surface area (Å²) < 4.78 is 17.8. The molecule has 0 fully saturated rings. The molecule has 1 aromatic heterocycles. The largest absolute Gasteiger partial charge is 0.506 e. The van der Waals surface area contributed by atoms with Gasteiger partial charge in [0.15, 0.2) is 0 Å². The number of aliphatic hydroxyl groups excluding tert-OH is 1. The molecule has 0 saturated carbocycles. The van der Waals surface area contributed by atoms with Crippen molar-refractivity contribution < 1.29 is 19.0 Å². The molecule has 0 spiro atoms. The number of esters is 1. The van der Waals surface area contributed by atoms with Crippen molar-refractivity contribution in [3.8, 4) is 0 Å². The van der Waals surface area contributed by atoms with Crippen LogP contribution < -0.4 is 0 Å². The predicted molar refractivity (Wildman–Crippen MR) is 95.1 cm³/mol. The van der Waals surface area contributed by atoms with Gasteiger partial charge in [-0.2, -0.15) is 0 Å². The summed E-state index contributed by atoms with van der Waals surface area (Å²) in [5.41, 5.74) is 0.486. The van der Waals surface area contributed by atoms with Crippen molar-refractivity contribution in [3.63, 3.8) is 0 Å². The summed E-state index contributed by atoms with van der Waals surface area (Å²) in [7, 11) is 1.24.